The summed E-state index contributed by atoms with van der Waals surface area (Å²) >= 11 is 6.13. The smallest absolute Gasteiger partial charge is 0.254 e. The molecule has 0 spiro atoms. The maximum Gasteiger partial charge on any atom is 0.254 e. The number of nitrogens with zero attached hydrogens (tertiary/aromatic N) is 6. The van der Waals surface area contributed by atoms with E-state index in [0.29, 0.717) is 34.3 Å². The normalized spacial score (nSPS) is 13.5. The zero-order chi connectivity index (χ0) is 35.3. The zero-order valence-electron chi connectivity index (χ0n) is 27.8. The molecule has 3 N–H and O–H groups in total. The molecular formula is C38H37ClFN7O4. The Bertz CT molecular complexity index is 2130. The SMILES string of the molecule is O=C(c1ccc(-c2ccc(F)c(Cl)c2)c(COc2ccc(-c3nc4cc(-c5nn[nH]n5)ccc4n3C3CCCCC3)cc2)c1)N(CCO)CCO. The summed E-state index contributed by atoms with van der Waals surface area (Å²) in [4.78, 5) is 19.8. The number of aliphatic hydroxyl groups is 2. The van der Waals surface area contributed by atoms with E-state index in [1.54, 1.807) is 30.3 Å². The first kappa shape index (κ1) is 34.3. The van der Waals surface area contributed by atoms with Crippen LogP contribution in [0.15, 0.2) is 78.9 Å². The summed E-state index contributed by atoms with van der Waals surface area (Å²) in [6, 6.07) is 23.9. The molecular weight excluding hydrogens is 673 g/mol. The number of halogens is 2. The Labute approximate surface area is 298 Å². The second kappa shape index (κ2) is 15.4. The van der Waals surface area contributed by atoms with Crippen LogP contribution in [0.2, 0.25) is 5.02 Å². The van der Waals surface area contributed by atoms with Crippen LogP contribution in [0.5, 0.6) is 5.75 Å². The van der Waals surface area contributed by atoms with Gasteiger partial charge in [-0.1, -0.05) is 43.0 Å². The van der Waals surface area contributed by atoms with Crippen molar-refractivity contribution in [2.45, 2.75) is 44.8 Å². The largest absolute Gasteiger partial charge is 0.489 e. The predicted molar refractivity (Wildman–Crippen MR) is 192 cm³/mol. The molecule has 0 bridgehead atoms. The standard InChI is InChI=1S/C38H37ClFN7O4/c39-32-21-25(9-14-33(32)40)31-13-8-27(38(50)46(16-18-48)17-19-49)20-28(31)23-51-30-11-6-24(7-12-30)37-41-34-22-26(36-42-44-45-43-36)10-15-35(34)47(37)29-4-2-1-3-5-29/h6-15,20-22,29,48-49H,1-5,16-19,23H2,(H,42,43,44,45). The monoisotopic (exact) mass is 709 g/mol. The van der Waals surface area contributed by atoms with E-state index < -0.39 is 5.82 Å². The minimum absolute atomic E-state index is 0.0162. The van der Waals surface area contributed by atoms with E-state index in [2.05, 4.69) is 31.3 Å². The van der Waals surface area contributed by atoms with E-state index in [-0.39, 0.29) is 43.8 Å². The maximum absolute atomic E-state index is 14.0. The van der Waals surface area contributed by atoms with Gasteiger partial charge in [0.2, 0.25) is 5.82 Å². The lowest BCUT2D eigenvalue weighted by Crippen LogP contribution is -2.35. The van der Waals surface area contributed by atoms with E-state index in [4.69, 9.17) is 21.3 Å². The number of fused-ring (bicyclic) bond motifs is 1. The quantitative estimate of drug-likeness (QED) is 0.125. The number of hydrogen-bond donors (Lipinski definition) is 3. The molecule has 1 aliphatic carbocycles. The molecule has 7 rings (SSSR count). The topological polar surface area (TPSA) is 142 Å². The van der Waals surface area contributed by atoms with E-state index >= 15 is 0 Å². The molecule has 1 saturated carbocycles. The number of tetrazole rings is 1. The minimum Gasteiger partial charge on any atom is -0.489 e. The van der Waals surface area contributed by atoms with E-state index in [0.717, 1.165) is 46.4 Å². The molecule has 13 heteroatoms. The number of ether oxygens (including phenoxy) is 1. The van der Waals surface area contributed by atoms with Crippen molar-refractivity contribution in [2.75, 3.05) is 26.3 Å². The van der Waals surface area contributed by atoms with Gasteiger partial charge in [0.1, 0.15) is 24.0 Å². The number of benzene rings is 4. The lowest BCUT2D eigenvalue weighted by atomic mass is 9.95. The van der Waals surface area contributed by atoms with Crippen molar-refractivity contribution in [3.63, 3.8) is 0 Å². The Morgan fingerprint density at radius 2 is 1.67 bits per heavy atom. The Morgan fingerprint density at radius 3 is 2.37 bits per heavy atom. The highest BCUT2D eigenvalue weighted by molar-refractivity contribution is 6.31. The molecule has 6 aromatic rings. The Kier molecular flexibility index (Phi) is 10.3. The molecule has 1 aliphatic rings. The molecule has 1 fully saturated rings. The van der Waals surface area contributed by atoms with Crippen LogP contribution in [0.3, 0.4) is 0 Å². The van der Waals surface area contributed by atoms with Gasteiger partial charge in [-0.25, -0.2) is 9.37 Å². The minimum atomic E-state index is -0.529. The molecule has 0 saturated heterocycles. The summed E-state index contributed by atoms with van der Waals surface area (Å²) in [5.41, 5.74) is 6.14. The second-order valence-electron chi connectivity index (χ2n) is 12.6. The highest BCUT2D eigenvalue weighted by Gasteiger charge is 2.23. The summed E-state index contributed by atoms with van der Waals surface area (Å²) in [5.74, 6) is 1.14. The fraction of sp³-hybridized carbons (Fsp3) is 0.289. The lowest BCUT2D eigenvalue weighted by Gasteiger charge is -2.25. The molecule has 2 heterocycles. The van der Waals surface area contributed by atoms with Crippen molar-refractivity contribution in [1.82, 2.24) is 35.1 Å². The van der Waals surface area contributed by atoms with Crippen LogP contribution in [0.4, 0.5) is 4.39 Å². The number of rotatable bonds is 12. The van der Waals surface area contributed by atoms with E-state index in [1.807, 2.05) is 36.4 Å². The number of carbonyl (C=O) groups excluding carboxylic acids is 1. The molecule has 0 unspecified atom stereocenters. The average Bonchev–Trinajstić information content (AvgIpc) is 3.84. The van der Waals surface area contributed by atoms with Gasteiger partial charge in [-0.2, -0.15) is 5.21 Å². The summed E-state index contributed by atoms with van der Waals surface area (Å²) in [6.07, 6.45) is 5.78. The van der Waals surface area contributed by atoms with Crippen LogP contribution in [0.1, 0.15) is 54.1 Å². The molecule has 262 valence electrons. The van der Waals surface area contributed by atoms with Crippen molar-refractivity contribution in [3.05, 3.63) is 101 Å². The fourth-order valence-corrected chi connectivity index (χ4v) is 7.01. The van der Waals surface area contributed by atoms with Gasteiger partial charge in [-0.05, 0) is 101 Å². The number of aromatic nitrogens is 6. The van der Waals surface area contributed by atoms with E-state index in [1.165, 1.54) is 30.2 Å². The van der Waals surface area contributed by atoms with Crippen LogP contribution in [-0.4, -0.2) is 77.5 Å². The fourth-order valence-electron chi connectivity index (χ4n) is 6.83. The number of aromatic amines is 1. The first-order chi connectivity index (χ1) is 24.9. The number of nitrogens with one attached hydrogen (secondary N) is 1. The van der Waals surface area contributed by atoms with Crippen molar-refractivity contribution >= 4 is 28.5 Å². The van der Waals surface area contributed by atoms with Gasteiger partial charge >= 0.3 is 0 Å². The molecule has 11 nitrogen and oxygen atoms in total. The van der Waals surface area contributed by atoms with Gasteiger partial charge in [0.25, 0.3) is 5.91 Å². The molecule has 0 atom stereocenters. The summed E-state index contributed by atoms with van der Waals surface area (Å²) in [5, 5.41) is 33.4. The Morgan fingerprint density at radius 1 is 0.922 bits per heavy atom. The third kappa shape index (κ3) is 7.34. The van der Waals surface area contributed by atoms with Crippen molar-refractivity contribution in [1.29, 1.82) is 0 Å². The van der Waals surface area contributed by atoms with Gasteiger partial charge in [-0.3, -0.25) is 4.79 Å². The molecule has 51 heavy (non-hydrogen) atoms. The highest BCUT2D eigenvalue weighted by atomic mass is 35.5. The van der Waals surface area contributed by atoms with Gasteiger partial charge in [0, 0.05) is 35.8 Å². The number of hydrogen-bond acceptors (Lipinski definition) is 8. The Balaban J connectivity index is 1.19. The van der Waals surface area contributed by atoms with Crippen LogP contribution in [0.25, 0.3) is 44.9 Å². The molecule has 1 amide bonds. The lowest BCUT2D eigenvalue weighted by molar-refractivity contribution is 0.0684. The number of carbonyl (C=O) groups is 1. The molecule has 0 radical (unpaired) electrons. The van der Waals surface area contributed by atoms with Gasteiger partial charge in [-0.15, -0.1) is 10.2 Å². The zero-order valence-corrected chi connectivity index (χ0v) is 28.6. The number of imidazole rings is 1. The van der Waals surface area contributed by atoms with Crippen molar-refractivity contribution < 1.29 is 24.1 Å². The Hall–Kier alpha value is -5.17. The first-order valence-electron chi connectivity index (χ1n) is 17.0. The molecule has 0 aliphatic heterocycles. The number of H-pyrrole nitrogens is 1. The van der Waals surface area contributed by atoms with Gasteiger partial charge in [0.15, 0.2) is 0 Å². The van der Waals surface area contributed by atoms with E-state index in [9.17, 15) is 19.4 Å². The summed E-state index contributed by atoms with van der Waals surface area (Å²) in [6.45, 7) is -0.197. The number of aliphatic hydroxyl groups excluding tert-OH is 2. The van der Waals surface area contributed by atoms with Crippen molar-refractivity contribution in [2.24, 2.45) is 0 Å². The van der Waals surface area contributed by atoms with Crippen LogP contribution in [-0.2, 0) is 6.61 Å². The summed E-state index contributed by atoms with van der Waals surface area (Å²) < 4.78 is 22.7. The molecule has 4 aromatic carbocycles. The van der Waals surface area contributed by atoms with Crippen LogP contribution in [0, 0.1) is 5.82 Å². The van der Waals surface area contributed by atoms with Gasteiger partial charge in [0.05, 0.1) is 29.3 Å². The third-order valence-corrected chi connectivity index (χ3v) is 9.64. The average molecular weight is 710 g/mol. The maximum atomic E-state index is 14.0. The predicted octanol–water partition coefficient (Wildman–Crippen LogP) is 6.85. The van der Waals surface area contributed by atoms with Crippen LogP contribution < -0.4 is 4.74 Å². The second-order valence-corrected chi connectivity index (χ2v) is 13.0. The third-order valence-electron chi connectivity index (χ3n) is 9.35. The molecule has 2 aromatic heterocycles. The number of amides is 1. The van der Waals surface area contributed by atoms with Crippen LogP contribution >= 0.6 is 11.6 Å². The highest BCUT2D eigenvalue weighted by Crippen LogP contribution is 2.37. The van der Waals surface area contributed by atoms with Crippen molar-refractivity contribution in [3.8, 4) is 39.7 Å². The first-order valence-corrected chi connectivity index (χ1v) is 17.4. The van der Waals surface area contributed by atoms with Gasteiger partial charge < -0.3 is 24.4 Å². The summed E-state index contributed by atoms with van der Waals surface area (Å²) in [7, 11) is 0.